The molecule has 3 aromatic rings. The summed E-state index contributed by atoms with van der Waals surface area (Å²) in [5.41, 5.74) is 4.38. The quantitative estimate of drug-likeness (QED) is 0.526. The standard InChI is InChI=1S/C22H23N3OS/c26-21-19-15-25(13-11-17-7-3-1-4-8-17)14-12-20(19)23-22(24-21)27-16-18-9-5-2-6-10-18/h1-10H,11-16H2,(H,23,24,26). The van der Waals surface area contributed by atoms with Gasteiger partial charge in [-0.25, -0.2) is 4.98 Å². The maximum atomic E-state index is 12.6. The van der Waals surface area contributed by atoms with Crippen molar-refractivity contribution in [3.63, 3.8) is 0 Å². The molecule has 138 valence electrons. The Morgan fingerprint density at radius 3 is 2.44 bits per heavy atom. The second-order valence-electron chi connectivity index (χ2n) is 6.83. The van der Waals surface area contributed by atoms with Crippen molar-refractivity contribution in [2.24, 2.45) is 0 Å². The molecular weight excluding hydrogens is 354 g/mol. The smallest absolute Gasteiger partial charge is 0.256 e. The molecule has 2 aromatic carbocycles. The number of aromatic nitrogens is 2. The highest BCUT2D eigenvalue weighted by molar-refractivity contribution is 7.98. The van der Waals surface area contributed by atoms with E-state index in [1.807, 2.05) is 24.3 Å². The van der Waals surface area contributed by atoms with Crippen LogP contribution in [0.5, 0.6) is 0 Å². The molecule has 0 atom stereocenters. The Balaban J connectivity index is 1.40. The van der Waals surface area contributed by atoms with Gasteiger partial charge in [-0.1, -0.05) is 72.4 Å². The van der Waals surface area contributed by atoms with Crippen molar-refractivity contribution < 1.29 is 0 Å². The van der Waals surface area contributed by atoms with Crippen LogP contribution >= 0.6 is 11.8 Å². The number of fused-ring (bicyclic) bond motifs is 1. The van der Waals surface area contributed by atoms with Gasteiger partial charge in [0.05, 0.1) is 11.3 Å². The van der Waals surface area contributed by atoms with Gasteiger partial charge in [0.2, 0.25) is 0 Å². The van der Waals surface area contributed by atoms with E-state index in [4.69, 9.17) is 4.98 Å². The van der Waals surface area contributed by atoms with Crippen molar-refractivity contribution in [2.75, 3.05) is 13.1 Å². The predicted molar refractivity (Wildman–Crippen MR) is 110 cm³/mol. The van der Waals surface area contributed by atoms with Crippen molar-refractivity contribution in [1.82, 2.24) is 14.9 Å². The van der Waals surface area contributed by atoms with Crippen LogP contribution in [0.2, 0.25) is 0 Å². The van der Waals surface area contributed by atoms with Crippen LogP contribution in [-0.2, 0) is 25.1 Å². The van der Waals surface area contributed by atoms with Gasteiger partial charge in [0, 0.05) is 31.8 Å². The molecule has 2 heterocycles. The van der Waals surface area contributed by atoms with E-state index in [1.165, 1.54) is 11.1 Å². The number of nitrogens with zero attached hydrogens (tertiary/aromatic N) is 2. The summed E-state index contributed by atoms with van der Waals surface area (Å²) in [6.45, 7) is 2.61. The largest absolute Gasteiger partial charge is 0.301 e. The number of hydrogen-bond acceptors (Lipinski definition) is 4. The molecule has 0 aliphatic carbocycles. The van der Waals surface area contributed by atoms with Gasteiger partial charge in [0.15, 0.2) is 5.16 Å². The maximum absolute atomic E-state index is 12.6. The summed E-state index contributed by atoms with van der Waals surface area (Å²) >= 11 is 1.59. The van der Waals surface area contributed by atoms with E-state index in [1.54, 1.807) is 11.8 Å². The topological polar surface area (TPSA) is 49.0 Å². The van der Waals surface area contributed by atoms with Gasteiger partial charge in [-0.3, -0.25) is 9.69 Å². The molecule has 0 radical (unpaired) electrons. The lowest BCUT2D eigenvalue weighted by molar-refractivity contribution is 0.252. The highest BCUT2D eigenvalue weighted by atomic mass is 32.2. The Kier molecular flexibility index (Phi) is 5.70. The molecule has 1 aliphatic rings. The predicted octanol–water partition coefficient (Wildman–Crippen LogP) is 3.66. The molecule has 0 amide bonds. The zero-order chi connectivity index (χ0) is 18.5. The Morgan fingerprint density at radius 1 is 1.00 bits per heavy atom. The van der Waals surface area contributed by atoms with Gasteiger partial charge < -0.3 is 4.98 Å². The minimum absolute atomic E-state index is 0.0139. The van der Waals surface area contributed by atoms with Gasteiger partial charge in [0.1, 0.15) is 0 Å². The number of nitrogens with one attached hydrogen (secondary N) is 1. The number of rotatable bonds is 6. The average molecular weight is 378 g/mol. The third-order valence-corrected chi connectivity index (χ3v) is 5.85. The minimum atomic E-state index is 0.0139. The summed E-state index contributed by atoms with van der Waals surface area (Å²) in [4.78, 5) is 22.6. The van der Waals surface area contributed by atoms with Gasteiger partial charge >= 0.3 is 0 Å². The Morgan fingerprint density at radius 2 is 1.70 bits per heavy atom. The number of benzene rings is 2. The van der Waals surface area contributed by atoms with Gasteiger partial charge in [-0.2, -0.15) is 0 Å². The molecule has 0 fully saturated rings. The molecule has 0 bridgehead atoms. The minimum Gasteiger partial charge on any atom is -0.301 e. The van der Waals surface area contributed by atoms with E-state index in [2.05, 4.69) is 46.3 Å². The Hall–Kier alpha value is -2.37. The summed E-state index contributed by atoms with van der Waals surface area (Å²) in [6.07, 6.45) is 1.85. The summed E-state index contributed by atoms with van der Waals surface area (Å²) < 4.78 is 0. The first-order valence-electron chi connectivity index (χ1n) is 9.33. The highest BCUT2D eigenvalue weighted by Gasteiger charge is 2.21. The van der Waals surface area contributed by atoms with Crippen LogP contribution < -0.4 is 5.56 Å². The van der Waals surface area contributed by atoms with Crippen LogP contribution in [0.25, 0.3) is 0 Å². The normalized spacial score (nSPS) is 14.1. The van der Waals surface area contributed by atoms with Crippen molar-refractivity contribution >= 4 is 11.8 Å². The monoisotopic (exact) mass is 377 g/mol. The fourth-order valence-electron chi connectivity index (χ4n) is 3.38. The molecule has 4 rings (SSSR count). The summed E-state index contributed by atoms with van der Waals surface area (Å²) in [5.74, 6) is 0.811. The third kappa shape index (κ3) is 4.67. The van der Waals surface area contributed by atoms with Crippen LogP contribution in [0.4, 0.5) is 0 Å². The van der Waals surface area contributed by atoms with Crippen LogP contribution in [0, 0.1) is 0 Å². The lowest BCUT2D eigenvalue weighted by Crippen LogP contribution is -2.36. The fraction of sp³-hybridized carbons (Fsp3) is 0.273. The van der Waals surface area contributed by atoms with E-state index in [0.29, 0.717) is 6.54 Å². The lowest BCUT2D eigenvalue weighted by atomic mass is 10.1. The van der Waals surface area contributed by atoms with Crippen molar-refractivity contribution in [2.45, 2.75) is 30.3 Å². The first-order chi connectivity index (χ1) is 13.3. The van der Waals surface area contributed by atoms with Gasteiger partial charge in [0.25, 0.3) is 5.56 Å². The third-order valence-electron chi connectivity index (χ3n) is 4.90. The fourth-order valence-corrected chi connectivity index (χ4v) is 4.21. The first kappa shape index (κ1) is 18.0. The van der Waals surface area contributed by atoms with Crippen molar-refractivity contribution in [1.29, 1.82) is 0 Å². The first-order valence-corrected chi connectivity index (χ1v) is 10.3. The second-order valence-corrected chi connectivity index (χ2v) is 7.80. The number of H-pyrrole nitrogens is 1. The van der Waals surface area contributed by atoms with E-state index in [0.717, 1.165) is 48.1 Å². The SMILES string of the molecule is O=c1[nH]c(SCc2ccccc2)nc2c1CN(CCc1ccccc1)CC2. The van der Waals surface area contributed by atoms with Crippen LogP contribution in [0.15, 0.2) is 70.6 Å². The van der Waals surface area contributed by atoms with Crippen LogP contribution in [0.3, 0.4) is 0 Å². The number of hydrogen-bond donors (Lipinski definition) is 1. The van der Waals surface area contributed by atoms with Crippen LogP contribution in [-0.4, -0.2) is 28.0 Å². The molecule has 1 aliphatic heterocycles. The molecule has 4 nitrogen and oxygen atoms in total. The summed E-state index contributed by atoms with van der Waals surface area (Å²) in [5, 5.41) is 0.723. The molecule has 5 heteroatoms. The lowest BCUT2D eigenvalue weighted by Gasteiger charge is -2.27. The average Bonchev–Trinajstić information content (AvgIpc) is 2.72. The van der Waals surface area contributed by atoms with Gasteiger partial charge in [-0.05, 0) is 17.5 Å². The van der Waals surface area contributed by atoms with E-state index < -0.39 is 0 Å². The zero-order valence-corrected chi connectivity index (χ0v) is 16.0. The highest BCUT2D eigenvalue weighted by Crippen LogP contribution is 2.21. The van der Waals surface area contributed by atoms with Crippen molar-refractivity contribution in [3.05, 3.63) is 93.4 Å². The molecule has 0 unspecified atom stereocenters. The number of aromatic amines is 1. The van der Waals surface area contributed by atoms with E-state index >= 15 is 0 Å². The Labute approximate surface area is 163 Å². The van der Waals surface area contributed by atoms with Gasteiger partial charge in [-0.15, -0.1) is 0 Å². The molecule has 1 N–H and O–H groups in total. The Bertz CT molecular complexity index is 941. The summed E-state index contributed by atoms with van der Waals surface area (Å²) in [7, 11) is 0. The zero-order valence-electron chi connectivity index (χ0n) is 15.2. The molecule has 27 heavy (non-hydrogen) atoms. The van der Waals surface area contributed by atoms with Crippen molar-refractivity contribution in [3.8, 4) is 0 Å². The maximum Gasteiger partial charge on any atom is 0.256 e. The molecular formula is C22H23N3OS. The van der Waals surface area contributed by atoms with Crippen LogP contribution in [0.1, 0.15) is 22.4 Å². The molecule has 1 aromatic heterocycles. The number of thioether (sulfide) groups is 1. The van der Waals surface area contributed by atoms with E-state index in [-0.39, 0.29) is 5.56 Å². The molecule has 0 spiro atoms. The van der Waals surface area contributed by atoms with E-state index in [9.17, 15) is 4.79 Å². The summed E-state index contributed by atoms with van der Waals surface area (Å²) in [6, 6.07) is 20.8. The molecule has 0 saturated carbocycles. The molecule has 0 saturated heterocycles. The second kappa shape index (κ2) is 8.55.